The lowest BCUT2D eigenvalue weighted by molar-refractivity contribution is 0.650. The zero-order chi connectivity index (χ0) is 11.5. The second-order valence-electron chi connectivity index (χ2n) is 3.27. The molecule has 0 saturated carbocycles. The van der Waals surface area contributed by atoms with Crippen LogP contribution in [0.1, 0.15) is 25.0 Å². The molecule has 0 saturated heterocycles. The standard InChI is InChI=1S/C11H18N2.C2H6/c1-10-3-5-11(6-4-10)9-13-8-7-12-2;1-2/h3-6,12-13H,7-9H2,1-2H3;1-2H3. The molecule has 0 spiro atoms. The lowest BCUT2D eigenvalue weighted by Gasteiger charge is -2.04. The van der Waals surface area contributed by atoms with E-state index < -0.39 is 0 Å². The highest BCUT2D eigenvalue weighted by molar-refractivity contribution is 5.20. The summed E-state index contributed by atoms with van der Waals surface area (Å²) >= 11 is 0. The quantitative estimate of drug-likeness (QED) is 0.726. The minimum absolute atomic E-state index is 0.960. The van der Waals surface area contributed by atoms with E-state index in [4.69, 9.17) is 0 Å². The van der Waals surface area contributed by atoms with Crippen LogP contribution in [0.3, 0.4) is 0 Å². The summed E-state index contributed by atoms with van der Waals surface area (Å²) in [5.41, 5.74) is 2.67. The third-order valence-electron chi connectivity index (χ3n) is 2.00. The van der Waals surface area contributed by atoms with Gasteiger partial charge in [0.15, 0.2) is 0 Å². The fourth-order valence-electron chi connectivity index (χ4n) is 1.15. The highest BCUT2D eigenvalue weighted by atomic mass is 14.9. The van der Waals surface area contributed by atoms with Crippen LogP contribution in [-0.4, -0.2) is 20.1 Å². The van der Waals surface area contributed by atoms with Crippen molar-refractivity contribution in [1.82, 2.24) is 10.6 Å². The van der Waals surface area contributed by atoms with Crippen LogP contribution in [0.2, 0.25) is 0 Å². The van der Waals surface area contributed by atoms with Crippen LogP contribution in [0.4, 0.5) is 0 Å². The van der Waals surface area contributed by atoms with E-state index in [1.807, 2.05) is 20.9 Å². The zero-order valence-electron chi connectivity index (χ0n) is 10.4. The van der Waals surface area contributed by atoms with Crippen molar-refractivity contribution >= 4 is 0 Å². The molecular formula is C13H24N2. The Labute approximate surface area is 94.1 Å². The maximum Gasteiger partial charge on any atom is 0.0206 e. The SMILES string of the molecule is CC.CNCCNCc1ccc(C)cc1. The first kappa shape index (κ1) is 14.1. The van der Waals surface area contributed by atoms with Crippen LogP contribution in [-0.2, 0) is 6.54 Å². The Balaban J connectivity index is 0.000000921. The molecule has 0 aliphatic rings. The molecule has 2 heteroatoms. The Bertz CT molecular complexity index is 229. The molecule has 2 nitrogen and oxygen atoms in total. The van der Waals surface area contributed by atoms with E-state index in [0.29, 0.717) is 0 Å². The highest BCUT2D eigenvalue weighted by Crippen LogP contribution is 2.01. The topological polar surface area (TPSA) is 24.1 Å². The third-order valence-corrected chi connectivity index (χ3v) is 2.00. The van der Waals surface area contributed by atoms with Crippen LogP contribution in [0.25, 0.3) is 0 Å². The molecule has 0 heterocycles. The molecule has 0 amide bonds. The van der Waals surface area contributed by atoms with Crippen LogP contribution < -0.4 is 10.6 Å². The molecule has 0 atom stereocenters. The van der Waals surface area contributed by atoms with Gasteiger partial charge in [-0.3, -0.25) is 0 Å². The van der Waals surface area contributed by atoms with Crippen molar-refractivity contribution in [3.8, 4) is 0 Å². The summed E-state index contributed by atoms with van der Waals surface area (Å²) in [5.74, 6) is 0. The Morgan fingerprint density at radius 1 is 1.00 bits per heavy atom. The summed E-state index contributed by atoms with van der Waals surface area (Å²) in [5, 5.41) is 6.46. The summed E-state index contributed by atoms with van der Waals surface area (Å²) in [6.07, 6.45) is 0. The number of likely N-dealkylation sites (N-methyl/N-ethyl adjacent to an activating group) is 1. The highest BCUT2D eigenvalue weighted by Gasteiger charge is 1.90. The lowest BCUT2D eigenvalue weighted by Crippen LogP contribution is -2.24. The molecule has 0 fully saturated rings. The zero-order valence-corrected chi connectivity index (χ0v) is 10.4. The number of benzene rings is 1. The van der Waals surface area contributed by atoms with Gasteiger partial charge in [0.1, 0.15) is 0 Å². The molecule has 1 aromatic carbocycles. The summed E-state index contributed by atoms with van der Waals surface area (Å²) in [7, 11) is 1.97. The van der Waals surface area contributed by atoms with Gasteiger partial charge in [-0.25, -0.2) is 0 Å². The van der Waals surface area contributed by atoms with Gasteiger partial charge in [0.05, 0.1) is 0 Å². The van der Waals surface area contributed by atoms with Gasteiger partial charge in [-0.15, -0.1) is 0 Å². The van der Waals surface area contributed by atoms with Gasteiger partial charge >= 0.3 is 0 Å². The molecule has 0 aliphatic carbocycles. The van der Waals surface area contributed by atoms with Crippen molar-refractivity contribution in [3.63, 3.8) is 0 Å². The fraction of sp³-hybridized carbons (Fsp3) is 0.538. The molecule has 0 aromatic heterocycles. The Hall–Kier alpha value is -0.860. The summed E-state index contributed by atoms with van der Waals surface area (Å²) in [4.78, 5) is 0. The van der Waals surface area contributed by atoms with E-state index in [1.165, 1.54) is 11.1 Å². The first-order valence-electron chi connectivity index (χ1n) is 5.74. The average molecular weight is 208 g/mol. The normalized spacial score (nSPS) is 9.33. The van der Waals surface area contributed by atoms with Gasteiger partial charge in [-0.05, 0) is 19.5 Å². The molecular weight excluding hydrogens is 184 g/mol. The van der Waals surface area contributed by atoms with Crippen molar-refractivity contribution < 1.29 is 0 Å². The number of nitrogens with one attached hydrogen (secondary N) is 2. The van der Waals surface area contributed by atoms with E-state index in [9.17, 15) is 0 Å². The van der Waals surface area contributed by atoms with E-state index >= 15 is 0 Å². The second kappa shape index (κ2) is 9.69. The Kier molecular flexibility index (Phi) is 9.13. The van der Waals surface area contributed by atoms with Gasteiger partial charge in [0.2, 0.25) is 0 Å². The minimum Gasteiger partial charge on any atom is -0.318 e. The van der Waals surface area contributed by atoms with Crippen molar-refractivity contribution in [1.29, 1.82) is 0 Å². The van der Waals surface area contributed by atoms with E-state index in [-0.39, 0.29) is 0 Å². The molecule has 1 aromatic rings. The van der Waals surface area contributed by atoms with Crippen LogP contribution in [0, 0.1) is 6.92 Å². The van der Waals surface area contributed by atoms with E-state index in [2.05, 4.69) is 41.8 Å². The number of hydrogen-bond donors (Lipinski definition) is 2. The maximum atomic E-state index is 3.36. The first-order chi connectivity index (χ1) is 7.33. The van der Waals surface area contributed by atoms with Crippen molar-refractivity contribution in [2.24, 2.45) is 0 Å². The van der Waals surface area contributed by atoms with Crippen LogP contribution in [0.15, 0.2) is 24.3 Å². The molecule has 15 heavy (non-hydrogen) atoms. The van der Waals surface area contributed by atoms with E-state index in [1.54, 1.807) is 0 Å². The smallest absolute Gasteiger partial charge is 0.0206 e. The minimum atomic E-state index is 0.960. The molecule has 2 N–H and O–H groups in total. The molecule has 86 valence electrons. The second-order valence-corrected chi connectivity index (χ2v) is 3.27. The van der Waals surface area contributed by atoms with Gasteiger partial charge in [0.25, 0.3) is 0 Å². The van der Waals surface area contributed by atoms with Crippen LogP contribution >= 0.6 is 0 Å². The fourth-order valence-corrected chi connectivity index (χ4v) is 1.15. The third kappa shape index (κ3) is 7.11. The molecule has 0 radical (unpaired) electrons. The monoisotopic (exact) mass is 208 g/mol. The lowest BCUT2D eigenvalue weighted by atomic mass is 10.1. The first-order valence-corrected chi connectivity index (χ1v) is 5.74. The summed E-state index contributed by atoms with van der Waals surface area (Å²) < 4.78 is 0. The largest absolute Gasteiger partial charge is 0.318 e. The van der Waals surface area contributed by atoms with Gasteiger partial charge in [0, 0.05) is 19.6 Å². The van der Waals surface area contributed by atoms with Crippen LogP contribution in [0.5, 0.6) is 0 Å². The summed E-state index contributed by atoms with van der Waals surface area (Å²) in [6.45, 7) is 9.11. The Morgan fingerprint density at radius 2 is 1.60 bits per heavy atom. The Morgan fingerprint density at radius 3 is 2.13 bits per heavy atom. The van der Waals surface area contributed by atoms with Gasteiger partial charge < -0.3 is 10.6 Å². The van der Waals surface area contributed by atoms with Crippen molar-refractivity contribution in [2.45, 2.75) is 27.3 Å². The number of aryl methyl sites for hydroxylation is 1. The number of rotatable bonds is 5. The van der Waals surface area contributed by atoms with Crippen molar-refractivity contribution in [2.75, 3.05) is 20.1 Å². The molecule has 1 rings (SSSR count). The molecule has 0 unspecified atom stereocenters. The van der Waals surface area contributed by atoms with Crippen molar-refractivity contribution in [3.05, 3.63) is 35.4 Å². The van der Waals surface area contributed by atoms with Gasteiger partial charge in [-0.2, -0.15) is 0 Å². The summed E-state index contributed by atoms with van der Waals surface area (Å²) in [6, 6.07) is 8.63. The number of hydrogen-bond acceptors (Lipinski definition) is 2. The molecule has 0 bridgehead atoms. The molecule has 0 aliphatic heterocycles. The maximum absolute atomic E-state index is 3.36. The average Bonchev–Trinajstić information content (AvgIpc) is 2.30. The predicted molar refractivity (Wildman–Crippen MR) is 68.2 cm³/mol. The predicted octanol–water partition coefficient (Wildman–Crippen LogP) is 2.33. The van der Waals surface area contributed by atoms with E-state index in [0.717, 1.165) is 19.6 Å². The van der Waals surface area contributed by atoms with Gasteiger partial charge in [-0.1, -0.05) is 43.7 Å².